The minimum atomic E-state index is -0.368. The van der Waals surface area contributed by atoms with Gasteiger partial charge in [-0.25, -0.2) is 0 Å². The van der Waals surface area contributed by atoms with E-state index in [-0.39, 0.29) is 10.6 Å². The van der Waals surface area contributed by atoms with E-state index in [1.807, 2.05) is 24.3 Å². The van der Waals surface area contributed by atoms with Gasteiger partial charge in [0.05, 0.1) is 9.95 Å². The number of aryl methyl sites for hydroxylation is 2. The molecule has 0 amide bonds. The second-order valence-corrected chi connectivity index (χ2v) is 6.18. The quantitative estimate of drug-likeness (QED) is 0.345. The third-order valence-electron chi connectivity index (χ3n) is 3.13. The molecular weight excluding hydrogens is 310 g/mol. The number of nitro groups is 1. The van der Waals surface area contributed by atoms with Crippen molar-refractivity contribution in [2.45, 2.75) is 31.7 Å². The van der Waals surface area contributed by atoms with Crippen LogP contribution in [0.3, 0.4) is 0 Å². The van der Waals surface area contributed by atoms with Gasteiger partial charge in [-0.05, 0) is 38.2 Å². The van der Waals surface area contributed by atoms with Crippen LogP contribution in [0.25, 0.3) is 0 Å². The molecular formula is C14H16ClN3O2S. The predicted molar refractivity (Wildman–Crippen MR) is 85.1 cm³/mol. The summed E-state index contributed by atoms with van der Waals surface area (Å²) in [5, 5.41) is 15.9. The van der Waals surface area contributed by atoms with Crippen LogP contribution in [0.2, 0.25) is 5.02 Å². The van der Waals surface area contributed by atoms with Crippen molar-refractivity contribution < 1.29 is 4.92 Å². The first-order valence-electron chi connectivity index (χ1n) is 6.56. The number of nitrogens with zero attached hydrogens (tertiary/aromatic N) is 3. The van der Waals surface area contributed by atoms with E-state index in [0.29, 0.717) is 17.9 Å². The van der Waals surface area contributed by atoms with Crippen molar-refractivity contribution in [1.82, 2.24) is 9.78 Å². The van der Waals surface area contributed by atoms with Crippen LogP contribution in [0.15, 0.2) is 29.2 Å². The number of aromatic nitrogens is 2. The van der Waals surface area contributed by atoms with E-state index in [1.54, 1.807) is 30.3 Å². The lowest BCUT2D eigenvalue weighted by atomic mass is 10.3. The zero-order valence-corrected chi connectivity index (χ0v) is 13.4. The summed E-state index contributed by atoms with van der Waals surface area (Å²) in [7, 11) is 0. The molecule has 0 fully saturated rings. The minimum absolute atomic E-state index is 0.119. The number of hydrogen-bond acceptors (Lipinski definition) is 4. The smallest absolute Gasteiger partial charge is 0.262 e. The molecule has 5 nitrogen and oxygen atoms in total. The molecule has 0 bridgehead atoms. The number of halogens is 1. The first kappa shape index (κ1) is 15.9. The van der Waals surface area contributed by atoms with E-state index in [1.165, 1.54) is 0 Å². The molecule has 0 aliphatic rings. The van der Waals surface area contributed by atoms with Crippen LogP contribution in [0.4, 0.5) is 5.69 Å². The number of benzene rings is 1. The van der Waals surface area contributed by atoms with Crippen LogP contribution in [0.1, 0.15) is 17.8 Å². The molecule has 7 heteroatoms. The second-order valence-electron chi connectivity index (χ2n) is 4.63. The van der Waals surface area contributed by atoms with Crippen molar-refractivity contribution in [2.24, 2.45) is 0 Å². The van der Waals surface area contributed by atoms with Crippen LogP contribution < -0.4 is 0 Å². The highest BCUT2D eigenvalue weighted by atomic mass is 35.5. The molecule has 112 valence electrons. The van der Waals surface area contributed by atoms with E-state index in [9.17, 15) is 10.1 Å². The lowest BCUT2D eigenvalue weighted by Gasteiger charge is -2.05. The Bertz CT molecular complexity index is 658. The first-order chi connectivity index (χ1) is 10.0. The molecule has 1 aromatic heterocycles. The molecule has 0 saturated carbocycles. The average molecular weight is 326 g/mol. The molecule has 0 aliphatic carbocycles. The number of thioether (sulfide) groups is 1. The Hall–Kier alpha value is -1.53. The fourth-order valence-corrected chi connectivity index (χ4v) is 3.30. The summed E-state index contributed by atoms with van der Waals surface area (Å²) in [6.07, 6.45) is 0.870. The SMILES string of the molecule is Cc1nn(CCCSc2ccccc2Cl)c(C)c1[N+](=O)[O-]. The van der Waals surface area contributed by atoms with Gasteiger partial charge in [0.25, 0.3) is 0 Å². The van der Waals surface area contributed by atoms with E-state index in [4.69, 9.17) is 11.6 Å². The molecule has 0 N–H and O–H groups in total. The molecule has 0 unspecified atom stereocenters. The highest BCUT2D eigenvalue weighted by Crippen LogP contribution is 2.27. The first-order valence-corrected chi connectivity index (χ1v) is 7.92. The van der Waals surface area contributed by atoms with Gasteiger partial charge >= 0.3 is 5.69 Å². The summed E-state index contributed by atoms with van der Waals surface area (Å²) < 4.78 is 1.71. The fourth-order valence-electron chi connectivity index (χ4n) is 2.13. The van der Waals surface area contributed by atoms with Crippen molar-refractivity contribution in [1.29, 1.82) is 0 Å². The standard InChI is InChI=1S/C14H16ClN3O2S/c1-10-14(18(19)20)11(2)17(16-10)8-5-9-21-13-7-4-3-6-12(13)15/h3-4,6-7H,5,8-9H2,1-2H3. The molecule has 2 aromatic rings. The Morgan fingerprint density at radius 3 is 2.71 bits per heavy atom. The van der Waals surface area contributed by atoms with Gasteiger partial charge < -0.3 is 0 Å². The van der Waals surface area contributed by atoms with Gasteiger partial charge in [-0.15, -0.1) is 11.8 Å². The Labute approximate surface area is 132 Å². The van der Waals surface area contributed by atoms with E-state index in [0.717, 1.165) is 22.1 Å². The van der Waals surface area contributed by atoms with Crippen LogP contribution in [-0.4, -0.2) is 20.5 Å². The largest absolute Gasteiger partial charge is 0.312 e. The molecule has 0 radical (unpaired) electrons. The van der Waals surface area contributed by atoms with Crippen molar-refractivity contribution in [3.63, 3.8) is 0 Å². The fraction of sp³-hybridized carbons (Fsp3) is 0.357. The van der Waals surface area contributed by atoms with E-state index in [2.05, 4.69) is 5.10 Å². The number of hydrogen-bond donors (Lipinski definition) is 0. The third-order valence-corrected chi connectivity index (χ3v) is 4.74. The second kappa shape index (κ2) is 6.95. The monoisotopic (exact) mass is 325 g/mol. The molecule has 1 aromatic carbocycles. The number of rotatable bonds is 6. The third kappa shape index (κ3) is 3.77. The van der Waals surface area contributed by atoms with Crippen LogP contribution in [0.5, 0.6) is 0 Å². The summed E-state index contributed by atoms with van der Waals surface area (Å²) in [5.74, 6) is 0.885. The van der Waals surface area contributed by atoms with E-state index >= 15 is 0 Å². The molecule has 0 atom stereocenters. The predicted octanol–water partition coefficient (Wildman–Crippen LogP) is 4.24. The van der Waals surface area contributed by atoms with Gasteiger partial charge in [0.15, 0.2) is 0 Å². The van der Waals surface area contributed by atoms with Crippen molar-refractivity contribution in [3.8, 4) is 0 Å². The zero-order valence-electron chi connectivity index (χ0n) is 11.9. The van der Waals surface area contributed by atoms with Gasteiger partial charge in [0.2, 0.25) is 0 Å². The van der Waals surface area contributed by atoms with Gasteiger partial charge in [0, 0.05) is 11.4 Å². The summed E-state index contributed by atoms with van der Waals surface area (Å²) in [6.45, 7) is 4.07. The molecule has 0 saturated heterocycles. The Morgan fingerprint density at radius 1 is 1.38 bits per heavy atom. The van der Waals surface area contributed by atoms with Crippen LogP contribution >= 0.6 is 23.4 Å². The lowest BCUT2D eigenvalue weighted by molar-refractivity contribution is -0.386. The highest BCUT2D eigenvalue weighted by Gasteiger charge is 2.21. The Kier molecular flexibility index (Phi) is 5.25. The molecule has 1 heterocycles. The highest BCUT2D eigenvalue weighted by molar-refractivity contribution is 7.99. The summed E-state index contributed by atoms with van der Waals surface area (Å²) >= 11 is 7.77. The summed E-state index contributed by atoms with van der Waals surface area (Å²) in [6, 6.07) is 7.72. The Morgan fingerprint density at radius 2 is 2.10 bits per heavy atom. The zero-order chi connectivity index (χ0) is 15.4. The minimum Gasteiger partial charge on any atom is -0.262 e. The molecule has 0 aliphatic heterocycles. The summed E-state index contributed by atoms with van der Waals surface area (Å²) in [4.78, 5) is 11.6. The van der Waals surface area contributed by atoms with Crippen molar-refractivity contribution in [2.75, 3.05) is 5.75 Å². The Balaban J connectivity index is 1.91. The van der Waals surface area contributed by atoms with Crippen LogP contribution in [0, 0.1) is 24.0 Å². The van der Waals surface area contributed by atoms with Crippen LogP contribution in [-0.2, 0) is 6.54 Å². The van der Waals surface area contributed by atoms with Crippen molar-refractivity contribution in [3.05, 3.63) is 50.8 Å². The maximum Gasteiger partial charge on any atom is 0.312 e. The van der Waals surface area contributed by atoms with Crippen molar-refractivity contribution >= 4 is 29.1 Å². The van der Waals surface area contributed by atoms with Gasteiger partial charge in [-0.3, -0.25) is 14.8 Å². The molecule has 2 rings (SSSR count). The topological polar surface area (TPSA) is 61.0 Å². The van der Waals surface area contributed by atoms with Gasteiger partial charge in [-0.1, -0.05) is 23.7 Å². The van der Waals surface area contributed by atoms with Gasteiger partial charge in [0.1, 0.15) is 11.4 Å². The molecule has 0 spiro atoms. The normalized spacial score (nSPS) is 10.8. The molecule has 21 heavy (non-hydrogen) atoms. The maximum atomic E-state index is 10.9. The van der Waals surface area contributed by atoms with Gasteiger partial charge in [-0.2, -0.15) is 5.10 Å². The summed E-state index contributed by atoms with van der Waals surface area (Å²) in [5.41, 5.74) is 1.20. The maximum absolute atomic E-state index is 10.9. The average Bonchev–Trinajstić information content (AvgIpc) is 2.71. The lowest BCUT2D eigenvalue weighted by Crippen LogP contribution is -2.04. The van der Waals surface area contributed by atoms with E-state index < -0.39 is 0 Å².